The molecule has 3 fully saturated rings. The first-order valence-electron chi connectivity index (χ1n) is 15.8. The molecule has 1 amide bonds. The lowest BCUT2D eigenvalue weighted by atomic mass is 9.33. The Kier molecular flexibility index (Phi) is 5.44. The molecule has 7 rings (SSSR count). The number of fused-ring (bicyclic) bond motifs is 8. The highest BCUT2D eigenvalue weighted by Gasteiger charge is 2.69. The summed E-state index contributed by atoms with van der Waals surface area (Å²) in [5, 5.41) is 25.1. The summed E-state index contributed by atoms with van der Waals surface area (Å²) in [6.07, 6.45) is 12.0. The third kappa shape index (κ3) is 3.38. The van der Waals surface area contributed by atoms with Crippen molar-refractivity contribution in [3.63, 3.8) is 0 Å². The smallest absolute Gasteiger partial charge is 0.269 e. The summed E-state index contributed by atoms with van der Waals surface area (Å²) in [5.74, 6) is 2.35. The first-order chi connectivity index (χ1) is 19.2. The van der Waals surface area contributed by atoms with E-state index in [1.165, 1.54) is 24.1 Å². The molecule has 3 saturated carbocycles. The zero-order valence-corrected chi connectivity index (χ0v) is 25.9. The minimum absolute atomic E-state index is 0.00152. The zero-order valence-electron chi connectivity index (χ0n) is 25.9. The lowest BCUT2D eigenvalue weighted by Gasteiger charge is -2.70. The Hall–Kier alpha value is -2.71. The molecule has 9 nitrogen and oxygen atoms in total. The Balaban J connectivity index is 1.31. The molecular formula is C32H48N8O. The molecule has 41 heavy (non-hydrogen) atoms. The van der Waals surface area contributed by atoms with Crippen LogP contribution in [0.3, 0.4) is 0 Å². The molecule has 222 valence electrons. The van der Waals surface area contributed by atoms with Gasteiger partial charge in [0.2, 0.25) is 5.91 Å². The number of carbonyl (C=O) groups excluding carboxylic acids is 1. The number of anilines is 2. The lowest BCUT2D eigenvalue weighted by Crippen LogP contribution is -2.65. The number of carbonyl (C=O) groups is 1. The molecule has 5 aliphatic rings. The maximum absolute atomic E-state index is 14.1. The molecule has 5 aliphatic carbocycles. The number of nitrogens with two attached hydrogens (primary N) is 1. The van der Waals surface area contributed by atoms with Crippen LogP contribution < -0.4 is 11.1 Å². The van der Waals surface area contributed by atoms with Gasteiger partial charge in [-0.1, -0.05) is 65.2 Å². The quantitative estimate of drug-likeness (QED) is 0.334. The fourth-order valence-corrected chi connectivity index (χ4v) is 11.5. The van der Waals surface area contributed by atoms with Crippen LogP contribution in [0.4, 0.5) is 11.8 Å². The molecule has 2 aromatic heterocycles. The van der Waals surface area contributed by atoms with Gasteiger partial charge in [0.05, 0.1) is 5.41 Å². The molecule has 5 N–H and O–H groups in total. The molecule has 9 heteroatoms. The average molecular weight is 561 g/mol. The summed E-state index contributed by atoms with van der Waals surface area (Å²) in [6, 6.07) is 0. The molecule has 2 aromatic rings. The number of amides is 1. The minimum atomic E-state index is -0.432. The number of nitrogen functional groups attached to an aromatic ring is 1. The van der Waals surface area contributed by atoms with Crippen LogP contribution in [-0.4, -0.2) is 36.7 Å². The molecular weight excluding hydrogens is 512 g/mol. The first-order valence-corrected chi connectivity index (χ1v) is 15.8. The highest BCUT2D eigenvalue weighted by Crippen LogP contribution is 2.75. The van der Waals surface area contributed by atoms with Crippen LogP contribution in [0.2, 0.25) is 0 Å². The number of hydrogen-bond donors (Lipinski definition) is 4. The van der Waals surface area contributed by atoms with Gasteiger partial charge in [-0.2, -0.15) is 10.3 Å². The van der Waals surface area contributed by atoms with Crippen molar-refractivity contribution in [1.82, 2.24) is 30.8 Å². The first kappa shape index (κ1) is 27.1. The number of tetrazole rings is 1. The van der Waals surface area contributed by atoms with Crippen LogP contribution in [0.25, 0.3) is 0 Å². The highest BCUT2D eigenvalue weighted by molar-refractivity contribution is 5.94. The van der Waals surface area contributed by atoms with Crippen molar-refractivity contribution in [2.75, 3.05) is 11.1 Å². The van der Waals surface area contributed by atoms with Crippen molar-refractivity contribution in [3.05, 3.63) is 22.9 Å². The SMILES string of the molecule is CC1(C)CC[C@]2(C(=O)Nc3nn[nH]n3)CC[C@]3(C)C(=CCC4[C@@]5(C)Cc6c(N)n[nH]c6C(C)(C)C5CC[C@]43C)C2C1. The molecule has 0 aliphatic heterocycles. The summed E-state index contributed by atoms with van der Waals surface area (Å²) in [4.78, 5) is 14.1. The summed E-state index contributed by atoms with van der Waals surface area (Å²) >= 11 is 0. The van der Waals surface area contributed by atoms with Crippen LogP contribution in [0.1, 0.15) is 111 Å². The van der Waals surface area contributed by atoms with Gasteiger partial charge < -0.3 is 5.73 Å². The van der Waals surface area contributed by atoms with Crippen LogP contribution in [0.5, 0.6) is 0 Å². The van der Waals surface area contributed by atoms with Crippen LogP contribution >= 0.6 is 0 Å². The predicted octanol–water partition coefficient (Wildman–Crippen LogP) is 5.96. The van der Waals surface area contributed by atoms with Gasteiger partial charge >= 0.3 is 0 Å². The number of hydrogen-bond acceptors (Lipinski definition) is 6. The van der Waals surface area contributed by atoms with Gasteiger partial charge in [-0.05, 0) is 102 Å². The van der Waals surface area contributed by atoms with Gasteiger partial charge in [0.25, 0.3) is 5.95 Å². The van der Waals surface area contributed by atoms with Crippen molar-refractivity contribution in [1.29, 1.82) is 0 Å². The number of H-pyrrole nitrogens is 2. The molecule has 0 aromatic carbocycles. The average Bonchev–Trinajstić information content (AvgIpc) is 3.54. The largest absolute Gasteiger partial charge is 0.382 e. The second-order valence-electron chi connectivity index (χ2n) is 16.4. The van der Waals surface area contributed by atoms with E-state index in [1.807, 2.05) is 0 Å². The monoisotopic (exact) mass is 560 g/mol. The summed E-state index contributed by atoms with van der Waals surface area (Å²) < 4.78 is 0. The standard InChI is InChI=1S/C32H48N8O/c1-27(2)12-14-32(25(41)34-26-37-39-40-38-26)15-13-30(6)19(20(32)17-27)8-9-22-29(5)16-18-23(35-36-24(18)33)28(3,4)21(29)10-11-31(22,30)7/h8,20-22H,9-17H2,1-7H3,(H3,33,35,36)(H2,34,37,38,39,40,41)/t20?,21?,22?,29-,30+,31+,32-/m0/s1. The Labute approximate surface area is 243 Å². The summed E-state index contributed by atoms with van der Waals surface area (Å²) in [6.45, 7) is 17.3. The number of allylic oxidation sites excluding steroid dienone is 2. The Morgan fingerprint density at radius 3 is 2.49 bits per heavy atom. The predicted molar refractivity (Wildman–Crippen MR) is 159 cm³/mol. The van der Waals surface area contributed by atoms with E-state index in [2.05, 4.69) is 90.7 Å². The second kappa shape index (κ2) is 8.22. The number of rotatable bonds is 2. The van der Waals surface area contributed by atoms with E-state index < -0.39 is 5.41 Å². The van der Waals surface area contributed by atoms with Gasteiger partial charge in [-0.25, -0.2) is 0 Å². The van der Waals surface area contributed by atoms with E-state index in [4.69, 9.17) is 5.73 Å². The van der Waals surface area contributed by atoms with Gasteiger partial charge in [-0.3, -0.25) is 15.2 Å². The van der Waals surface area contributed by atoms with Gasteiger partial charge in [0.15, 0.2) is 0 Å². The molecule has 3 unspecified atom stereocenters. The van der Waals surface area contributed by atoms with Gasteiger partial charge in [0.1, 0.15) is 5.82 Å². The van der Waals surface area contributed by atoms with Crippen LogP contribution in [0.15, 0.2) is 11.6 Å². The van der Waals surface area contributed by atoms with E-state index in [0.29, 0.717) is 17.7 Å². The second-order valence-corrected chi connectivity index (χ2v) is 16.4. The summed E-state index contributed by atoms with van der Waals surface area (Å²) in [5.41, 5.74) is 10.6. The summed E-state index contributed by atoms with van der Waals surface area (Å²) in [7, 11) is 0. The number of aromatic amines is 2. The molecule has 0 bridgehead atoms. The fraction of sp³-hybridized carbons (Fsp3) is 0.781. The van der Waals surface area contributed by atoms with E-state index in [-0.39, 0.29) is 44.8 Å². The van der Waals surface area contributed by atoms with Gasteiger partial charge in [0, 0.05) is 16.7 Å². The third-order valence-corrected chi connectivity index (χ3v) is 13.9. The molecule has 7 atom stereocenters. The Morgan fingerprint density at radius 1 is 1.00 bits per heavy atom. The van der Waals surface area contributed by atoms with Crippen LogP contribution in [-0.2, 0) is 16.6 Å². The zero-order chi connectivity index (χ0) is 29.2. The third-order valence-electron chi connectivity index (χ3n) is 13.9. The maximum atomic E-state index is 14.1. The number of nitrogens with one attached hydrogen (secondary N) is 3. The topological polar surface area (TPSA) is 138 Å². The minimum Gasteiger partial charge on any atom is -0.382 e. The van der Waals surface area contributed by atoms with Crippen molar-refractivity contribution in [3.8, 4) is 0 Å². The molecule has 0 spiro atoms. The van der Waals surface area contributed by atoms with Crippen molar-refractivity contribution < 1.29 is 4.79 Å². The Bertz CT molecular complexity index is 1420. The highest BCUT2D eigenvalue weighted by atomic mass is 16.2. The number of nitrogens with zero attached hydrogens (tertiary/aromatic N) is 4. The van der Waals surface area contributed by atoms with Crippen LogP contribution in [0, 0.1) is 44.8 Å². The van der Waals surface area contributed by atoms with Crippen molar-refractivity contribution >= 4 is 17.7 Å². The van der Waals surface area contributed by atoms with E-state index in [0.717, 1.165) is 44.9 Å². The van der Waals surface area contributed by atoms with E-state index in [1.54, 1.807) is 5.57 Å². The Morgan fingerprint density at radius 2 is 1.76 bits per heavy atom. The normalized spacial score (nSPS) is 42.0. The van der Waals surface area contributed by atoms with E-state index in [9.17, 15) is 4.79 Å². The molecule has 2 heterocycles. The van der Waals surface area contributed by atoms with Crippen molar-refractivity contribution in [2.45, 2.75) is 112 Å². The maximum Gasteiger partial charge on any atom is 0.269 e. The van der Waals surface area contributed by atoms with E-state index >= 15 is 0 Å². The molecule has 0 saturated heterocycles. The lowest BCUT2D eigenvalue weighted by molar-refractivity contribution is -0.165. The number of aromatic nitrogens is 6. The fourth-order valence-electron chi connectivity index (χ4n) is 11.5. The van der Waals surface area contributed by atoms with Crippen molar-refractivity contribution in [2.24, 2.45) is 44.8 Å². The molecule has 0 radical (unpaired) electrons. The van der Waals surface area contributed by atoms with Gasteiger partial charge in [-0.15, -0.1) is 5.10 Å².